The molecule has 0 aliphatic heterocycles. The summed E-state index contributed by atoms with van der Waals surface area (Å²) in [7, 11) is 0. The predicted molar refractivity (Wildman–Crippen MR) is 147 cm³/mol. The quantitative estimate of drug-likeness (QED) is 0.324. The summed E-state index contributed by atoms with van der Waals surface area (Å²) in [6, 6.07) is 15.1. The molecule has 188 valence electrons. The lowest BCUT2D eigenvalue weighted by Crippen LogP contribution is -2.29. The Morgan fingerprint density at radius 3 is 1.27 bits per heavy atom. The van der Waals surface area contributed by atoms with Gasteiger partial charge < -0.3 is 0 Å². The molecule has 0 spiro atoms. The van der Waals surface area contributed by atoms with E-state index in [0.29, 0.717) is 0 Å². The van der Waals surface area contributed by atoms with Crippen molar-refractivity contribution in [1.29, 1.82) is 0 Å². The lowest BCUT2D eigenvalue weighted by Gasteiger charge is -2.15. The summed E-state index contributed by atoms with van der Waals surface area (Å²) in [5.74, 6) is -0.0734. The minimum atomic E-state index is -0.778. The minimum Gasteiger partial charge on any atom is -0.299 e. The fourth-order valence-electron chi connectivity index (χ4n) is 1.83. The first-order chi connectivity index (χ1) is 15.6. The molecule has 33 heavy (non-hydrogen) atoms. The zero-order chi connectivity index (χ0) is 27.2. The molecular formula is C29H47ClO3. The van der Waals surface area contributed by atoms with Crippen LogP contribution in [-0.4, -0.2) is 17.3 Å². The van der Waals surface area contributed by atoms with Crippen LogP contribution in [0.25, 0.3) is 11.1 Å². The zero-order valence-corrected chi connectivity index (χ0v) is 24.0. The Hall–Kier alpha value is -2.26. The SMILES string of the molecule is CC.CC.CC.CC.CC(=O)C(C)(C)C(C)=O.CC(=O)c1ccc(-c2ccccc2Cl)cc1. The van der Waals surface area contributed by atoms with E-state index in [0.717, 1.165) is 21.7 Å². The monoisotopic (exact) mass is 478 g/mol. The number of hydrogen-bond donors (Lipinski definition) is 0. The van der Waals surface area contributed by atoms with E-state index >= 15 is 0 Å². The van der Waals surface area contributed by atoms with Crippen molar-refractivity contribution < 1.29 is 14.4 Å². The van der Waals surface area contributed by atoms with Gasteiger partial charge in [0.2, 0.25) is 0 Å². The van der Waals surface area contributed by atoms with Gasteiger partial charge in [-0.15, -0.1) is 0 Å². The van der Waals surface area contributed by atoms with Crippen molar-refractivity contribution in [2.45, 2.75) is 90.0 Å². The van der Waals surface area contributed by atoms with Crippen LogP contribution in [0.15, 0.2) is 48.5 Å². The van der Waals surface area contributed by atoms with Crippen LogP contribution in [0.3, 0.4) is 0 Å². The maximum Gasteiger partial charge on any atom is 0.159 e. The minimum absolute atomic E-state index is 0.0741. The molecule has 0 aliphatic rings. The van der Waals surface area contributed by atoms with Gasteiger partial charge in [-0.2, -0.15) is 0 Å². The molecule has 0 radical (unpaired) electrons. The molecule has 2 aromatic rings. The molecule has 0 saturated carbocycles. The molecule has 3 nitrogen and oxygen atoms in total. The van der Waals surface area contributed by atoms with Crippen molar-refractivity contribution in [3.05, 3.63) is 59.1 Å². The molecule has 0 bridgehead atoms. The Balaban J connectivity index is -0.000000212. The highest BCUT2D eigenvalue weighted by molar-refractivity contribution is 6.33. The summed E-state index contributed by atoms with van der Waals surface area (Å²) >= 11 is 6.09. The summed E-state index contributed by atoms with van der Waals surface area (Å²) in [6.07, 6.45) is 0. The van der Waals surface area contributed by atoms with Gasteiger partial charge in [-0.05, 0) is 46.2 Å². The molecule has 4 heteroatoms. The second-order valence-electron chi connectivity index (χ2n) is 6.35. The van der Waals surface area contributed by atoms with Gasteiger partial charge in [-0.3, -0.25) is 14.4 Å². The number of halogens is 1. The van der Waals surface area contributed by atoms with Gasteiger partial charge in [-0.1, -0.05) is 109 Å². The molecule has 0 aliphatic carbocycles. The second-order valence-corrected chi connectivity index (χ2v) is 6.76. The van der Waals surface area contributed by atoms with Crippen LogP contribution in [0.2, 0.25) is 5.02 Å². The van der Waals surface area contributed by atoms with E-state index in [9.17, 15) is 14.4 Å². The van der Waals surface area contributed by atoms with E-state index in [4.69, 9.17) is 11.6 Å². The highest BCUT2D eigenvalue weighted by atomic mass is 35.5. The molecular weight excluding hydrogens is 432 g/mol. The average molecular weight is 479 g/mol. The van der Waals surface area contributed by atoms with E-state index in [1.807, 2.05) is 104 Å². The molecule has 0 fully saturated rings. The Kier molecular flexibility index (Phi) is 26.4. The van der Waals surface area contributed by atoms with Crippen molar-refractivity contribution >= 4 is 29.0 Å². The van der Waals surface area contributed by atoms with Crippen molar-refractivity contribution in [2.75, 3.05) is 0 Å². The summed E-state index contributed by atoms with van der Waals surface area (Å²) in [5, 5.41) is 0.720. The van der Waals surface area contributed by atoms with Gasteiger partial charge >= 0.3 is 0 Å². The van der Waals surface area contributed by atoms with Crippen LogP contribution in [0.4, 0.5) is 0 Å². The third kappa shape index (κ3) is 15.2. The normalized spacial score (nSPS) is 8.67. The maximum atomic E-state index is 11.1. The first kappa shape index (κ1) is 38.0. The molecule has 0 saturated heterocycles. The fourth-order valence-corrected chi connectivity index (χ4v) is 2.07. The Bertz CT molecular complexity index is 760. The highest BCUT2D eigenvalue weighted by Gasteiger charge is 2.28. The van der Waals surface area contributed by atoms with E-state index < -0.39 is 5.41 Å². The largest absolute Gasteiger partial charge is 0.299 e. The maximum absolute atomic E-state index is 11.1. The molecule has 2 rings (SSSR count). The first-order valence-corrected chi connectivity index (χ1v) is 12.3. The molecule has 0 unspecified atom stereocenters. The van der Waals surface area contributed by atoms with Crippen LogP contribution in [-0.2, 0) is 9.59 Å². The summed E-state index contributed by atoms with van der Waals surface area (Å²) < 4.78 is 0. The number of Topliss-reactive ketones (excluding diaryl/α,β-unsaturated/α-hetero) is 3. The number of rotatable bonds is 4. The lowest BCUT2D eigenvalue weighted by molar-refractivity contribution is -0.136. The van der Waals surface area contributed by atoms with Gasteiger partial charge in [0.05, 0.1) is 5.41 Å². The van der Waals surface area contributed by atoms with Crippen LogP contribution < -0.4 is 0 Å². The zero-order valence-electron chi connectivity index (χ0n) is 23.2. The van der Waals surface area contributed by atoms with E-state index in [1.165, 1.54) is 13.8 Å². The Morgan fingerprint density at radius 1 is 0.636 bits per heavy atom. The van der Waals surface area contributed by atoms with E-state index in [-0.39, 0.29) is 17.3 Å². The standard InChI is InChI=1S/C14H11ClO.C7H12O2.4C2H6/c1-10(16)11-6-8-12(9-7-11)13-4-2-3-5-14(13)15;1-5(8)7(3,4)6(2)9;4*1-2/h2-9H,1H3;1-4H3;4*1-2H3. The molecule has 0 amide bonds. The number of benzene rings is 2. The third-order valence-corrected chi connectivity index (χ3v) is 4.57. The van der Waals surface area contributed by atoms with Crippen LogP contribution in [0.5, 0.6) is 0 Å². The lowest BCUT2D eigenvalue weighted by atomic mass is 9.85. The molecule has 0 aromatic heterocycles. The molecule has 0 N–H and O–H groups in total. The van der Waals surface area contributed by atoms with Gasteiger partial charge in [0.1, 0.15) is 11.6 Å². The second kappa shape index (κ2) is 22.9. The van der Waals surface area contributed by atoms with Crippen molar-refractivity contribution in [1.82, 2.24) is 0 Å². The van der Waals surface area contributed by atoms with Crippen molar-refractivity contribution in [3.63, 3.8) is 0 Å². The Morgan fingerprint density at radius 2 is 1.00 bits per heavy atom. The first-order valence-electron chi connectivity index (χ1n) is 12.0. The van der Waals surface area contributed by atoms with Crippen molar-refractivity contribution in [2.24, 2.45) is 5.41 Å². The summed E-state index contributed by atoms with van der Waals surface area (Å²) in [5.41, 5.74) is 1.95. The fraction of sp³-hybridized carbons (Fsp3) is 0.483. The van der Waals surface area contributed by atoms with Gasteiger partial charge in [0.15, 0.2) is 5.78 Å². The van der Waals surface area contributed by atoms with Gasteiger partial charge in [-0.25, -0.2) is 0 Å². The summed E-state index contributed by atoms with van der Waals surface area (Å²) in [6.45, 7) is 23.7. The molecule has 0 heterocycles. The van der Waals surface area contributed by atoms with E-state index in [2.05, 4.69) is 0 Å². The number of ketones is 3. The number of carbonyl (C=O) groups is 3. The Labute approximate surface area is 209 Å². The summed E-state index contributed by atoms with van der Waals surface area (Å²) in [4.78, 5) is 32.5. The third-order valence-electron chi connectivity index (χ3n) is 4.24. The van der Waals surface area contributed by atoms with Gasteiger partial charge in [0, 0.05) is 16.1 Å². The van der Waals surface area contributed by atoms with Crippen LogP contribution in [0.1, 0.15) is 100 Å². The molecule has 2 aromatic carbocycles. The number of hydrogen-bond acceptors (Lipinski definition) is 3. The number of carbonyl (C=O) groups excluding carboxylic acids is 3. The topological polar surface area (TPSA) is 51.2 Å². The highest BCUT2D eigenvalue weighted by Crippen LogP contribution is 2.27. The van der Waals surface area contributed by atoms with Crippen LogP contribution >= 0.6 is 11.6 Å². The molecule has 0 atom stereocenters. The van der Waals surface area contributed by atoms with Crippen molar-refractivity contribution in [3.8, 4) is 11.1 Å². The van der Waals surface area contributed by atoms with Crippen LogP contribution in [0, 0.1) is 5.41 Å². The van der Waals surface area contributed by atoms with E-state index in [1.54, 1.807) is 20.8 Å². The smallest absolute Gasteiger partial charge is 0.159 e. The van der Waals surface area contributed by atoms with Gasteiger partial charge in [0.25, 0.3) is 0 Å². The predicted octanol–water partition coefficient (Wildman–Crippen LogP) is 9.50. The average Bonchev–Trinajstić information content (AvgIpc) is 2.85.